The number of halogens is 2. The summed E-state index contributed by atoms with van der Waals surface area (Å²) in [7, 11) is 1.71. The summed E-state index contributed by atoms with van der Waals surface area (Å²) in [6, 6.07) is 6.33. The molecular weight excluding hydrogens is 478 g/mol. The van der Waals surface area contributed by atoms with Crippen LogP contribution in [-0.4, -0.2) is 62.4 Å². The standard InChI is InChI=1S/C19H29FN4O3.HI/c1-4-26-19(25)24-10-8-16(9-11-24)23-18(21-3)22-13-14(2)27-17-7-5-6-15(20)12-17;/h5-7,12,14,16H,4,8-11,13H2,1-3H3,(H2,21,22,23);1H. The van der Waals surface area contributed by atoms with Crippen LogP contribution in [0.15, 0.2) is 29.3 Å². The van der Waals surface area contributed by atoms with Crippen LogP contribution < -0.4 is 15.4 Å². The Balaban J connectivity index is 0.00000392. The molecule has 0 spiro atoms. The molecule has 1 atom stereocenters. The number of nitrogens with one attached hydrogen (secondary N) is 2. The quantitative estimate of drug-likeness (QED) is 0.351. The first kappa shape index (κ1) is 24.3. The molecule has 9 heteroatoms. The maximum Gasteiger partial charge on any atom is 0.409 e. The third-order valence-corrected chi connectivity index (χ3v) is 4.28. The molecule has 1 saturated heterocycles. The summed E-state index contributed by atoms with van der Waals surface area (Å²) < 4.78 is 23.9. The van der Waals surface area contributed by atoms with Crippen molar-refractivity contribution in [2.45, 2.75) is 38.8 Å². The minimum atomic E-state index is -0.320. The third-order valence-electron chi connectivity index (χ3n) is 4.28. The number of hydrogen-bond donors (Lipinski definition) is 2. The third kappa shape index (κ3) is 8.07. The van der Waals surface area contributed by atoms with E-state index in [-0.39, 0.29) is 48.0 Å². The maximum atomic E-state index is 13.2. The Morgan fingerprint density at radius 2 is 2.11 bits per heavy atom. The van der Waals surface area contributed by atoms with Crippen molar-refractivity contribution in [1.29, 1.82) is 0 Å². The average Bonchev–Trinajstić information content (AvgIpc) is 2.65. The lowest BCUT2D eigenvalue weighted by Gasteiger charge is -2.32. The molecule has 2 rings (SSSR count). The zero-order chi connectivity index (χ0) is 19.6. The van der Waals surface area contributed by atoms with E-state index < -0.39 is 0 Å². The normalized spacial score (nSPS) is 16.0. The van der Waals surface area contributed by atoms with Crippen LogP contribution >= 0.6 is 24.0 Å². The molecule has 1 unspecified atom stereocenters. The first-order valence-electron chi connectivity index (χ1n) is 9.33. The summed E-state index contributed by atoms with van der Waals surface area (Å²) in [6.45, 7) is 5.95. The fourth-order valence-electron chi connectivity index (χ4n) is 2.86. The van der Waals surface area contributed by atoms with Crippen molar-refractivity contribution < 1.29 is 18.7 Å². The van der Waals surface area contributed by atoms with Gasteiger partial charge in [-0.25, -0.2) is 9.18 Å². The van der Waals surface area contributed by atoms with Gasteiger partial charge in [0.25, 0.3) is 0 Å². The molecule has 1 amide bonds. The molecular formula is C19H30FIN4O3. The molecule has 0 saturated carbocycles. The van der Waals surface area contributed by atoms with Crippen LogP contribution in [-0.2, 0) is 4.74 Å². The molecule has 28 heavy (non-hydrogen) atoms. The Bertz CT molecular complexity index is 639. The van der Waals surface area contributed by atoms with Crippen molar-refractivity contribution in [2.24, 2.45) is 4.99 Å². The van der Waals surface area contributed by atoms with Gasteiger partial charge < -0.3 is 25.0 Å². The lowest BCUT2D eigenvalue weighted by molar-refractivity contribution is 0.0963. The SMILES string of the molecule is CCOC(=O)N1CCC(NC(=NC)NCC(C)Oc2cccc(F)c2)CC1.I. The number of ether oxygens (including phenoxy) is 2. The average molecular weight is 508 g/mol. The van der Waals surface area contributed by atoms with Crippen molar-refractivity contribution in [2.75, 3.05) is 33.3 Å². The van der Waals surface area contributed by atoms with Crippen LogP contribution in [0.4, 0.5) is 9.18 Å². The Hall–Kier alpha value is -1.78. The summed E-state index contributed by atoms with van der Waals surface area (Å²) >= 11 is 0. The van der Waals surface area contributed by atoms with E-state index in [9.17, 15) is 9.18 Å². The second-order valence-corrected chi connectivity index (χ2v) is 6.44. The number of rotatable bonds is 6. The summed E-state index contributed by atoms with van der Waals surface area (Å²) in [5.74, 6) is 0.858. The number of hydrogen-bond acceptors (Lipinski definition) is 4. The highest BCUT2D eigenvalue weighted by atomic mass is 127. The van der Waals surface area contributed by atoms with Crippen molar-refractivity contribution in [3.63, 3.8) is 0 Å². The van der Waals surface area contributed by atoms with Gasteiger partial charge >= 0.3 is 6.09 Å². The monoisotopic (exact) mass is 508 g/mol. The Morgan fingerprint density at radius 3 is 2.71 bits per heavy atom. The summed E-state index contributed by atoms with van der Waals surface area (Å²) in [5.41, 5.74) is 0. The van der Waals surface area contributed by atoms with Crippen LogP contribution in [0.25, 0.3) is 0 Å². The topological polar surface area (TPSA) is 75.2 Å². The molecule has 0 aromatic heterocycles. The van der Waals surface area contributed by atoms with Crippen molar-refractivity contribution in [3.05, 3.63) is 30.1 Å². The van der Waals surface area contributed by atoms with Gasteiger partial charge in [0.2, 0.25) is 0 Å². The molecule has 0 radical (unpaired) electrons. The van der Waals surface area contributed by atoms with Gasteiger partial charge in [0.15, 0.2) is 5.96 Å². The van der Waals surface area contributed by atoms with Crippen LogP contribution in [0.2, 0.25) is 0 Å². The number of carbonyl (C=O) groups is 1. The van der Waals surface area contributed by atoms with Crippen LogP contribution in [0.5, 0.6) is 5.75 Å². The number of benzene rings is 1. The second kappa shape index (κ2) is 12.6. The Kier molecular flexibility index (Phi) is 10.9. The van der Waals surface area contributed by atoms with Gasteiger partial charge in [-0.15, -0.1) is 24.0 Å². The first-order chi connectivity index (χ1) is 13.0. The van der Waals surface area contributed by atoms with E-state index in [4.69, 9.17) is 9.47 Å². The van der Waals surface area contributed by atoms with E-state index >= 15 is 0 Å². The fraction of sp³-hybridized carbons (Fsp3) is 0.579. The van der Waals surface area contributed by atoms with Crippen LogP contribution in [0, 0.1) is 5.82 Å². The smallest absolute Gasteiger partial charge is 0.409 e. The summed E-state index contributed by atoms with van der Waals surface area (Å²) in [5, 5.41) is 6.59. The lowest BCUT2D eigenvalue weighted by atomic mass is 10.1. The van der Waals surface area contributed by atoms with Gasteiger partial charge in [0.05, 0.1) is 13.2 Å². The van der Waals surface area contributed by atoms with E-state index in [0.717, 1.165) is 12.8 Å². The summed E-state index contributed by atoms with van der Waals surface area (Å²) in [6.07, 6.45) is 1.25. The number of nitrogens with zero attached hydrogens (tertiary/aromatic N) is 2. The summed E-state index contributed by atoms with van der Waals surface area (Å²) in [4.78, 5) is 17.7. The number of guanidine groups is 1. The van der Waals surface area contributed by atoms with Crippen LogP contribution in [0.1, 0.15) is 26.7 Å². The highest BCUT2D eigenvalue weighted by Gasteiger charge is 2.24. The number of likely N-dealkylation sites (tertiary alicyclic amines) is 1. The molecule has 1 aromatic carbocycles. The van der Waals surface area contributed by atoms with Gasteiger partial charge in [-0.3, -0.25) is 4.99 Å². The minimum absolute atomic E-state index is 0. The number of amides is 1. The van der Waals surface area contributed by atoms with Gasteiger partial charge in [-0.1, -0.05) is 6.07 Å². The predicted molar refractivity (Wildman–Crippen MR) is 118 cm³/mol. The molecule has 0 bridgehead atoms. The zero-order valence-corrected chi connectivity index (χ0v) is 18.9. The van der Waals surface area contributed by atoms with E-state index in [0.29, 0.717) is 38.0 Å². The van der Waals surface area contributed by atoms with Crippen molar-refractivity contribution in [3.8, 4) is 5.75 Å². The number of aliphatic imine (C=N–C) groups is 1. The number of carbonyl (C=O) groups excluding carboxylic acids is 1. The van der Waals surface area contributed by atoms with Crippen LogP contribution in [0.3, 0.4) is 0 Å². The highest BCUT2D eigenvalue weighted by molar-refractivity contribution is 14.0. The van der Waals surface area contributed by atoms with Gasteiger partial charge in [0, 0.05) is 32.2 Å². The largest absolute Gasteiger partial charge is 0.489 e. The van der Waals surface area contributed by atoms with Crippen molar-refractivity contribution in [1.82, 2.24) is 15.5 Å². The second-order valence-electron chi connectivity index (χ2n) is 6.44. The van der Waals surface area contributed by atoms with Gasteiger partial charge in [0.1, 0.15) is 17.7 Å². The molecule has 7 nitrogen and oxygen atoms in total. The maximum absolute atomic E-state index is 13.2. The first-order valence-corrected chi connectivity index (χ1v) is 9.33. The van der Waals surface area contributed by atoms with E-state index in [1.165, 1.54) is 12.1 Å². The zero-order valence-electron chi connectivity index (χ0n) is 16.6. The molecule has 0 aliphatic carbocycles. The molecule has 1 heterocycles. The predicted octanol–water partition coefficient (Wildman–Crippen LogP) is 3.00. The molecule has 1 fully saturated rings. The minimum Gasteiger partial charge on any atom is -0.489 e. The Labute approximate surface area is 183 Å². The van der Waals surface area contributed by atoms with E-state index in [2.05, 4.69) is 15.6 Å². The molecule has 158 valence electrons. The molecule has 1 aromatic rings. The molecule has 1 aliphatic rings. The number of piperidine rings is 1. The highest BCUT2D eigenvalue weighted by Crippen LogP contribution is 2.14. The molecule has 1 aliphatic heterocycles. The fourth-order valence-corrected chi connectivity index (χ4v) is 2.86. The van der Waals surface area contributed by atoms with Gasteiger partial charge in [-0.05, 0) is 38.8 Å². The van der Waals surface area contributed by atoms with E-state index in [1.807, 2.05) is 6.92 Å². The van der Waals surface area contributed by atoms with Gasteiger partial charge in [-0.2, -0.15) is 0 Å². The molecule has 2 N–H and O–H groups in total. The lowest BCUT2D eigenvalue weighted by Crippen LogP contribution is -2.50. The van der Waals surface area contributed by atoms with Crippen molar-refractivity contribution >= 4 is 36.0 Å². The Morgan fingerprint density at radius 1 is 1.39 bits per heavy atom. The van der Waals surface area contributed by atoms with E-state index in [1.54, 1.807) is 31.0 Å².